The van der Waals surface area contributed by atoms with E-state index >= 15 is 0 Å². The summed E-state index contributed by atoms with van der Waals surface area (Å²) in [6, 6.07) is 12.1. The highest BCUT2D eigenvalue weighted by Crippen LogP contribution is 2.28. The van der Waals surface area contributed by atoms with Gasteiger partial charge in [0.15, 0.2) is 0 Å². The zero-order valence-electron chi connectivity index (χ0n) is 22.8. The van der Waals surface area contributed by atoms with Crippen LogP contribution in [-0.4, -0.2) is 40.6 Å². The molecular formula is C31H34FN3O3. The van der Waals surface area contributed by atoms with Gasteiger partial charge < -0.3 is 10.1 Å². The van der Waals surface area contributed by atoms with E-state index in [0.29, 0.717) is 23.3 Å². The largest absolute Gasteiger partial charge is 0.444 e. The van der Waals surface area contributed by atoms with Gasteiger partial charge in [-0.3, -0.25) is 9.69 Å². The van der Waals surface area contributed by atoms with E-state index in [0.717, 1.165) is 17.6 Å². The number of allylic oxidation sites excluding steroid dienone is 6. The van der Waals surface area contributed by atoms with Crippen molar-refractivity contribution in [3.8, 4) is 11.8 Å². The fraction of sp³-hybridized carbons (Fsp3) is 0.323. The first kappa shape index (κ1) is 28.4. The molecule has 0 aliphatic heterocycles. The summed E-state index contributed by atoms with van der Waals surface area (Å²) < 4.78 is 19.8. The maximum absolute atomic E-state index is 14.4. The first-order valence-corrected chi connectivity index (χ1v) is 12.6. The van der Waals surface area contributed by atoms with E-state index in [4.69, 9.17) is 4.74 Å². The summed E-state index contributed by atoms with van der Waals surface area (Å²) in [4.78, 5) is 31.3. The van der Waals surface area contributed by atoms with Gasteiger partial charge in [0.1, 0.15) is 29.0 Å². The number of anilines is 1. The van der Waals surface area contributed by atoms with E-state index in [9.17, 15) is 14.0 Å². The molecule has 198 valence electrons. The molecule has 1 N–H and O–H groups in total. The molecule has 6 nitrogen and oxygen atoms in total. The molecule has 7 heteroatoms. The van der Waals surface area contributed by atoms with Crippen LogP contribution < -0.4 is 5.32 Å². The predicted molar refractivity (Wildman–Crippen MR) is 149 cm³/mol. The normalized spacial score (nSPS) is 14.0. The highest BCUT2D eigenvalue weighted by Gasteiger charge is 2.27. The minimum absolute atomic E-state index is 0.246. The van der Waals surface area contributed by atoms with Crippen molar-refractivity contribution in [1.82, 2.24) is 9.88 Å². The van der Waals surface area contributed by atoms with E-state index in [-0.39, 0.29) is 11.6 Å². The molecule has 0 saturated carbocycles. The molecule has 3 rings (SSSR count). The third-order valence-corrected chi connectivity index (χ3v) is 5.83. The second kappa shape index (κ2) is 12.4. The van der Waals surface area contributed by atoms with E-state index in [1.54, 1.807) is 45.9 Å². The van der Waals surface area contributed by atoms with Crippen molar-refractivity contribution < 1.29 is 18.7 Å². The van der Waals surface area contributed by atoms with Gasteiger partial charge >= 0.3 is 6.09 Å². The van der Waals surface area contributed by atoms with E-state index in [1.165, 1.54) is 18.0 Å². The molecule has 1 aromatic carbocycles. The monoisotopic (exact) mass is 515 g/mol. The third kappa shape index (κ3) is 8.17. The van der Waals surface area contributed by atoms with Crippen LogP contribution in [0.4, 0.5) is 15.0 Å². The number of benzene rings is 1. The summed E-state index contributed by atoms with van der Waals surface area (Å²) in [5.41, 5.74) is 2.94. The third-order valence-electron chi connectivity index (χ3n) is 5.83. The van der Waals surface area contributed by atoms with Gasteiger partial charge in [0.25, 0.3) is 0 Å². The Bertz CT molecular complexity index is 1340. The maximum atomic E-state index is 14.4. The molecule has 1 aliphatic carbocycles. The number of carbonyl (C=O) groups excluding carboxylic acids is 2. The van der Waals surface area contributed by atoms with Crippen molar-refractivity contribution >= 4 is 23.4 Å². The van der Waals surface area contributed by atoms with Crippen LogP contribution in [-0.2, 0) is 9.53 Å². The van der Waals surface area contributed by atoms with Crippen LogP contribution in [0.15, 0.2) is 72.1 Å². The fourth-order valence-electron chi connectivity index (χ4n) is 3.55. The minimum Gasteiger partial charge on any atom is -0.444 e. The SMILES string of the molecule is CCC1=CC(c2cc(C#Cc3ccccc3)nc(NC(=O)C(C)N(C)C(=O)OC(C)(C)C)c2)=CC(F)=CC1. The van der Waals surface area contributed by atoms with E-state index in [2.05, 4.69) is 22.1 Å². The molecule has 1 unspecified atom stereocenters. The van der Waals surface area contributed by atoms with Gasteiger partial charge in [0.2, 0.25) is 5.91 Å². The Kier molecular flexibility index (Phi) is 9.25. The molecule has 2 amide bonds. The van der Waals surface area contributed by atoms with Crippen molar-refractivity contribution in [2.45, 2.75) is 59.1 Å². The molecule has 1 heterocycles. The van der Waals surface area contributed by atoms with Gasteiger partial charge in [-0.25, -0.2) is 14.2 Å². The number of pyridine rings is 1. The van der Waals surface area contributed by atoms with Crippen LogP contribution in [0.25, 0.3) is 5.57 Å². The number of nitrogens with one attached hydrogen (secondary N) is 1. The van der Waals surface area contributed by atoms with Crippen molar-refractivity contribution in [1.29, 1.82) is 0 Å². The number of hydrogen-bond acceptors (Lipinski definition) is 4. The van der Waals surface area contributed by atoms with Gasteiger partial charge in [0.05, 0.1) is 0 Å². The lowest BCUT2D eigenvalue weighted by Crippen LogP contribution is -2.45. The molecule has 1 aliphatic rings. The Hall–Kier alpha value is -4.18. The lowest BCUT2D eigenvalue weighted by molar-refractivity contribution is -0.120. The molecule has 2 aromatic rings. The number of aromatic nitrogens is 1. The molecule has 38 heavy (non-hydrogen) atoms. The Morgan fingerprint density at radius 1 is 1.16 bits per heavy atom. The fourth-order valence-corrected chi connectivity index (χ4v) is 3.55. The number of carbonyl (C=O) groups is 2. The molecule has 0 radical (unpaired) electrons. The van der Waals surface area contributed by atoms with Gasteiger partial charge in [-0.2, -0.15) is 0 Å². The summed E-state index contributed by atoms with van der Waals surface area (Å²) >= 11 is 0. The Labute approximate surface area is 224 Å². The van der Waals surface area contributed by atoms with Gasteiger partial charge in [0, 0.05) is 12.6 Å². The van der Waals surface area contributed by atoms with Gasteiger partial charge in [-0.15, -0.1) is 0 Å². The van der Waals surface area contributed by atoms with Gasteiger partial charge in [-0.05, 0) is 94.0 Å². The Morgan fingerprint density at radius 3 is 2.53 bits per heavy atom. The summed E-state index contributed by atoms with van der Waals surface area (Å²) in [5, 5.41) is 2.79. The zero-order valence-corrected chi connectivity index (χ0v) is 22.8. The molecule has 0 spiro atoms. The number of hydrogen-bond donors (Lipinski definition) is 1. The summed E-state index contributed by atoms with van der Waals surface area (Å²) in [6.07, 6.45) is 5.68. The van der Waals surface area contributed by atoms with Crippen LogP contribution in [0, 0.1) is 11.8 Å². The number of rotatable bonds is 5. The molecule has 0 fully saturated rings. The topological polar surface area (TPSA) is 71.5 Å². The quantitative estimate of drug-likeness (QED) is 0.453. The first-order valence-electron chi connectivity index (χ1n) is 12.6. The lowest BCUT2D eigenvalue weighted by atomic mass is 10.0. The van der Waals surface area contributed by atoms with Crippen molar-refractivity contribution in [3.05, 3.63) is 88.9 Å². The summed E-state index contributed by atoms with van der Waals surface area (Å²) in [5.74, 6) is 5.59. The number of ether oxygens (including phenoxy) is 1. The average Bonchev–Trinajstić information content (AvgIpc) is 3.07. The number of amides is 2. The predicted octanol–water partition coefficient (Wildman–Crippen LogP) is 6.65. The van der Waals surface area contributed by atoms with Crippen LogP contribution in [0.5, 0.6) is 0 Å². The summed E-state index contributed by atoms with van der Waals surface area (Å²) in [7, 11) is 1.50. The van der Waals surface area contributed by atoms with E-state index < -0.39 is 23.6 Å². The standard InChI is InChI=1S/C31H34FN3O3/c1-7-22-13-15-26(32)18-24(17-22)25-19-27(16-14-23-11-9-8-10-12-23)33-28(20-25)34-29(36)21(2)35(6)30(37)38-31(3,4)5/h8-12,15,17-21H,7,13H2,1-6H3,(H,33,34,36). The van der Waals surface area contributed by atoms with E-state index in [1.807, 2.05) is 43.3 Å². The minimum atomic E-state index is -0.835. The molecular weight excluding hydrogens is 481 g/mol. The van der Waals surface area contributed by atoms with Crippen molar-refractivity contribution in [2.75, 3.05) is 12.4 Å². The molecule has 0 bridgehead atoms. The van der Waals surface area contributed by atoms with Crippen molar-refractivity contribution in [2.24, 2.45) is 0 Å². The van der Waals surface area contributed by atoms with Crippen LogP contribution in [0.2, 0.25) is 0 Å². The zero-order chi connectivity index (χ0) is 27.9. The van der Waals surface area contributed by atoms with Crippen LogP contribution in [0.1, 0.15) is 64.3 Å². The summed E-state index contributed by atoms with van der Waals surface area (Å²) in [6.45, 7) is 8.90. The highest BCUT2D eigenvalue weighted by atomic mass is 19.1. The first-order chi connectivity index (χ1) is 17.9. The second-order valence-electron chi connectivity index (χ2n) is 10.0. The van der Waals surface area contributed by atoms with Crippen LogP contribution in [0.3, 0.4) is 0 Å². The molecule has 1 atom stereocenters. The average molecular weight is 516 g/mol. The molecule has 0 saturated heterocycles. The Morgan fingerprint density at radius 2 is 1.87 bits per heavy atom. The maximum Gasteiger partial charge on any atom is 0.410 e. The molecule has 1 aromatic heterocycles. The van der Waals surface area contributed by atoms with Crippen molar-refractivity contribution in [3.63, 3.8) is 0 Å². The smallest absolute Gasteiger partial charge is 0.410 e. The number of nitrogens with zero attached hydrogens (tertiary/aromatic N) is 2. The van der Waals surface area contributed by atoms with Gasteiger partial charge in [-0.1, -0.05) is 42.7 Å². The lowest BCUT2D eigenvalue weighted by Gasteiger charge is -2.28. The Balaban J connectivity index is 1.96. The van der Waals surface area contributed by atoms with Crippen LogP contribution >= 0.6 is 0 Å². The second-order valence-corrected chi connectivity index (χ2v) is 10.0. The number of likely N-dealkylation sites (N-methyl/N-ethyl adjacent to an activating group) is 1. The number of halogens is 1. The highest BCUT2D eigenvalue weighted by molar-refractivity contribution is 5.96.